The van der Waals surface area contributed by atoms with Crippen LogP contribution in [0.1, 0.15) is 43.0 Å². The molecule has 6 nitrogen and oxygen atoms in total. The molecule has 2 heterocycles. The average Bonchev–Trinajstić information content (AvgIpc) is 3.27. The Morgan fingerprint density at radius 2 is 1.81 bits per heavy atom. The number of amides is 1. The molecule has 0 saturated carbocycles. The molecule has 0 fully saturated rings. The number of fused-ring (bicyclic) bond motifs is 1. The Hall–Kier alpha value is -3.19. The van der Waals surface area contributed by atoms with Gasteiger partial charge in [-0.25, -0.2) is 4.52 Å². The molecule has 0 saturated heterocycles. The molecule has 0 radical (unpaired) electrons. The lowest BCUT2D eigenvalue weighted by Gasteiger charge is -2.23. The lowest BCUT2D eigenvalue weighted by atomic mass is 9.85. The SMILES string of the molecule is Cc1ccc(-c2csc3nc(NC(=O)COc4ccc(C)cc4C(C)(C)C)nn23)c(C)c1. The van der Waals surface area contributed by atoms with E-state index in [9.17, 15) is 4.79 Å². The summed E-state index contributed by atoms with van der Waals surface area (Å²) in [5.74, 6) is 0.697. The van der Waals surface area contributed by atoms with Gasteiger partial charge < -0.3 is 4.74 Å². The molecule has 1 N–H and O–H groups in total. The van der Waals surface area contributed by atoms with Crippen LogP contribution in [0.4, 0.5) is 5.95 Å². The zero-order chi connectivity index (χ0) is 23.0. The van der Waals surface area contributed by atoms with Crippen LogP contribution in [0.15, 0.2) is 41.8 Å². The van der Waals surface area contributed by atoms with Gasteiger partial charge in [-0.1, -0.05) is 62.2 Å². The van der Waals surface area contributed by atoms with Crippen molar-refractivity contribution in [1.82, 2.24) is 14.6 Å². The largest absolute Gasteiger partial charge is 0.483 e. The quantitative estimate of drug-likeness (QED) is 0.425. The van der Waals surface area contributed by atoms with E-state index in [0.717, 1.165) is 27.3 Å². The topological polar surface area (TPSA) is 68.5 Å². The highest BCUT2D eigenvalue weighted by molar-refractivity contribution is 7.15. The number of hydrogen-bond donors (Lipinski definition) is 1. The van der Waals surface area contributed by atoms with Gasteiger partial charge in [-0.2, -0.15) is 4.98 Å². The zero-order valence-electron chi connectivity index (χ0n) is 19.3. The van der Waals surface area contributed by atoms with E-state index in [0.29, 0.717) is 5.75 Å². The summed E-state index contributed by atoms with van der Waals surface area (Å²) in [5, 5.41) is 9.30. The highest BCUT2D eigenvalue weighted by Crippen LogP contribution is 2.32. The van der Waals surface area contributed by atoms with Gasteiger partial charge in [0.25, 0.3) is 11.9 Å². The first-order valence-electron chi connectivity index (χ1n) is 10.6. The molecule has 166 valence electrons. The molecular formula is C25H28N4O2S. The van der Waals surface area contributed by atoms with Gasteiger partial charge in [0.1, 0.15) is 5.75 Å². The van der Waals surface area contributed by atoms with Crippen LogP contribution >= 0.6 is 11.3 Å². The molecule has 0 aliphatic carbocycles. The van der Waals surface area contributed by atoms with Crippen LogP contribution in [0.25, 0.3) is 16.2 Å². The average molecular weight is 449 g/mol. The Morgan fingerprint density at radius 3 is 2.53 bits per heavy atom. The first-order valence-corrected chi connectivity index (χ1v) is 11.5. The van der Waals surface area contributed by atoms with Crippen molar-refractivity contribution in [3.8, 4) is 17.0 Å². The van der Waals surface area contributed by atoms with Gasteiger partial charge in [0.05, 0.1) is 5.69 Å². The van der Waals surface area contributed by atoms with Crippen molar-refractivity contribution >= 4 is 28.2 Å². The van der Waals surface area contributed by atoms with Crippen molar-refractivity contribution in [2.75, 3.05) is 11.9 Å². The standard InChI is InChI=1S/C25H28N4O2S/c1-15-7-9-18(17(3)11-15)20-14-32-24-27-23(28-29(20)24)26-22(30)13-31-21-10-8-16(2)12-19(21)25(4,5)6/h7-12,14H,13H2,1-6H3,(H,26,28,30). The molecule has 2 aromatic carbocycles. The molecule has 0 atom stereocenters. The Bertz CT molecular complexity index is 1300. The number of benzene rings is 2. The molecule has 4 aromatic rings. The monoisotopic (exact) mass is 448 g/mol. The summed E-state index contributed by atoms with van der Waals surface area (Å²) in [6.45, 7) is 12.5. The molecule has 0 aliphatic rings. The maximum absolute atomic E-state index is 12.5. The fourth-order valence-electron chi connectivity index (χ4n) is 3.68. The lowest BCUT2D eigenvalue weighted by molar-refractivity contribution is -0.118. The van der Waals surface area contributed by atoms with Crippen LogP contribution in [0, 0.1) is 20.8 Å². The second-order valence-corrected chi connectivity index (χ2v) is 9.99. The predicted molar refractivity (Wildman–Crippen MR) is 130 cm³/mol. The molecule has 0 unspecified atom stereocenters. The maximum Gasteiger partial charge on any atom is 0.264 e. The number of hydrogen-bond acceptors (Lipinski definition) is 5. The zero-order valence-corrected chi connectivity index (χ0v) is 20.1. The third-order valence-corrected chi connectivity index (χ3v) is 6.11. The van der Waals surface area contributed by atoms with Gasteiger partial charge >= 0.3 is 0 Å². The predicted octanol–water partition coefficient (Wildman–Crippen LogP) is 5.70. The summed E-state index contributed by atoms with van der Waals surface area (Å²) < 4.78 is 7.63. The maximum atomic E-state index is 12.5. The first kappa shape index (κ1) is 22.0. The molecule has 32 heavy (non-hydrogen) atoms. The van der Waals surface area contributed by atoms with Crippen LogP contribution in [-0.2, 0) is 10.2 Å². The van der Waals surface area contributed by atoms with E-state index in [-0.39, 0.29) is 23.9 Å². The number of anilines is 1. The van der Waals surface area contributed by atoms with Crippen molar-refractivity contribution in [2.24, 2.45) is 0 Å². The number of carbonyl (C=O) groups excluding carboxylic acids is 1. The van der Waals surface area contributed by atoms with Crippen molar-refractivity contribution in [3.05, 3.63) is 64.0 Å². The molecule has 7 heteroatoms. The minimum Gasteiger partial charge on any atom is -0.483 e. The van der Waals surface area contributed by atoms with Crippen LogP contribution in [0.5, 0.6) is 5.75 Å². The van der Waals surface area contributed by atoms with Crippen LogP contribution in [-0.4, -0.2) is 27.1 Å². The fraction of sp³-hybridized carbons (Fsp3) is 0.320. The van der Waals surface area contributed by atoms with E-state index in [4.69, 9.17) is 4.74 Å². The normalized spacial score (nSPS) is 11.7. The van der Waals surface area contributed by atoms with Crippen molar-refractivity contribution in [2.45, 2.75) is 47.0 Å². The minimum absolute atomic E-state index is 0.0852. The number of aryl methyl sites for hydroxylation is 3. The van der Waals surface area contributed by atoms with E-state index in [1.165, 1.54) is 22.5 Å². The fourth-order valence-corrected chi connectivity index (χ4v) is 4.50. The summed E-state index contributed by atoms with van der Waals surface area (Å²) in [7, 11) is 0. The lowest BCUT2D eigenvalue weighted by Crippen LogP contribution is -2.22. The van der Waals surface area contributed by atoms with E-state index >= 15 is 0 Å². The number of carbonyl (C=O) groups is 1. The van der Waals surface area contributed by atoms with E-state index in [2.05, 4.69) is 74.3 Å². The van der Waals surface area contributed by atoms with E-state index in [1.54, 1.807) is 4.52 Å². The molecule has 0 aliphatic heterocycles. The number of rotatable bonds is 5. The smallest absolute Gasteiger partial charge is 0.264 e. The summed E-state index contributed by atoms with van der Waals surface area (Å²) in [6, 6.07) is 12.3. The molecular weight excluding hydrogens is 420 g/mol. The van der Waals surface area contributed by atoms with Gasteiger partial charge in [-0.05, 0) is 43.4 Å². The van der Waals surface area contributed by atoms with Crippen molar-refractivity contribution in [1.29, 1.82) is 0 Å². The molecule has 4 rings (SSSR count). The molecule has 0 bridgehead atoms. The van der Waals surface area contributed by atoms with E-state index in [1.807, 2.05) is 24.4 Å². The van der Waals surface area contributed by atoms with Crippen molar-refractivity contribution in [3.63, 3.8) is 0 Å². The summed E-state index contributed by atoms with van der Waals surface area (Å²) in [5.41, 5.74) is 6.60. The number of thiazole rings is 1. The Morgan fingerprint density at radius 1 is 1.09 bits per heavy atom. The highest BCUT2D eigenvalue weighted by atomic mass is 32.1. The van der Waals surface area contributed by atoms with E-state index < -0.39 is 0 Å². The van der Waals surface area contributed by atoms with Crippen LogP contribution in [0.3, 0.4) is 0 Å². The third kappa shape index (κ3) is 4.53. The van der Waals surface area contributed by atoms with Gasteiger partial charge in [0.15, 0.2) is 6.61 Å². The molecule has 1 amide bonds. The molecule has 0 spiro atoms. The first-order chi connectivity index (χ1) is 15.1. The number of nitrogens with zero attached hydrogens (tertiary/aromatic N) is 3. The van der Waals surface area contributed by atoms with Crippen LogP contribution in [0.2, 0.25) is 0 Å². The van der Waals surface area contributed by atoms with Gasteiger partial charge in [0, 0.05) is 10.9 Å². The second-order valence-electron chi connectivity index (χ2n) is 9.16. The van der Waals surface area contributed by atoms with Gasteiger partial charge in [0.2, 0.25) is 4.96 Å². The Labute approximate surface area is 192 Å². The second kappa shape index (κ2) is 8.39. The minimum atomic E-state index is -0.295. The van der Waals surface area contributed by atoms with Crippen LogP contribution < -0.4 is 10.1 Å². The Kier molecular flexibility index (Phi) is 5.77. The number of nitrogens with one attached hydrogen (secondary N) is 1. The van der Waals surface area contributed by atoms with Gasteiger partial charge in [-0.3, -0.25) is 10.1 Å². The van der Waals surface area contributed by atoms with Gasteiger partial charge in [-0.15, -0.1) is 16.4 Å². The highest BCUT2D eigenvalue weighted by Gasteiger charge is 2.20. The number of aromatic nitrogens is 3. The summed E-state index contributed by atoms with van der Waals surface area (Å²) >= 11 is 1.49. The van der Waals surface area contributed by atoms with Crippen molar-refractivity contribution < 1.29 is 9.53 Å². The number of ether oxygens (including phenoxy) is 1. The summed E-state index contributed by atoms with van der Waals surface area (Å²) in [6.07, 6.45) is 0. The summed E-state index contributed by atoms with van der Waals surface area (Å²) in [4.78, 5) is 17.7. The third-order valence-electron chi connectivity index (χ3n) is 5.29. The Balaban J connectivity index is 1.49. The molecule has 2 aromatic heterocycles.